The number of hydrogen-bond donors (Lipinski definition) is 1. The quantitative estimate of drug-likeness (QED) is 0.796. The molecule has 5 nitrogen and oxygen atoms in total. The third kappa shape index (κ3) is 5.18. The molecule has 2 aliphatic heterocycles. The molecular formula is C23H30N2O3. The summed E-state index contributed by atoms with van der Waals surface area (Å²) in [6, 6.07) is 16.0. The molecule has 0 radical (unpaired) electrons. The largest absolute Gasteiger partial charge is 0.489 e. The minimum atomic E-state index is 0.0307. The molecule has 2 aromatic carbocycles. The molecule has 28 heavy (non-hydrogen) atoms. The lowest BCUT2D eigenvalue weighted by atomic mass is 9.97. The molecule has 2 aromatic rings. The number of ether oxygens (including phenoxy) is 3. The number of rotatable bonds is 7. The van der Waals surface area contributed by atoms with Crippen molar-refractivity contribution in [3.8, 4) is 17.2 Å². The molecule has 1 saturated heterocycles. The first-order chi connectivity index (χ1) is 13.8. The van der Waals surface area contributed by atoms with Gasteiger partial charge in [-0.3, -0.25) is 0 Å². The van der Waals surface area contributed by atoms with Crippen LogP contribution in [0.25, 0.3) is 0 Å². The zero-order valence-electron chi connectivity index (χ0n) is 16.6. The van der Waals surface area contributed by atoms with E-state index >= 15 is 0 Å². The number of piperidine rings is 1. The third-order valence-corrected chi connectivity index (χ3v) is 5.53. The molecule has 0 aliphatic carbocycles. The molecule has 150 valence electrons. The number of nitrogens with zero attached hydrogens (tertiary/aromatic N) is 1. The Morgan fingerprint density at radius 1 is 1.04 bits per heavy atom. The highest BCUT2D eigenvalue weighted by Gasteiger charge is 2.22. The van der Waals surface area contributed by atoms with Crippen molar-refractivity contribution in [3.05, 3.63) is 54.1 Å². The van der Waals surface area contributed by atoms with Crippen LogP contribution < -0.4 is 19.5 Å². The van der Waals surface area contributed by atoms with E-state index in [1.165, 1.54) is 25.9 Å². The Hall–Kier alpha value is -2.24. The summed E-state index contributed by atoms with van der Waals surface area (Å²) >= 11 is 0. The molecule has 2 aliphatic rings. The molecule has 0 saturated carbocycles. The summed E-state index contributed by atoms with van der Waals surface area (Å²) in [6.45, 7) is 5.39. The summed E-state index contributed by atoms with van der Waals surface area (Å²) in [5.41, 5.74) is 1.15. The SMILES string of the molecule is CN1CCC(CNCC2COc3ccc(OCc4ccccc4)cc3O2)CC1. The van der Waals surface area contributed by atoms with Crippen LogP contribution in [0.2, 0.25) is 0 Å². The second kappa shape index (κ2) is 9.30. The van der Waals surface area contributed by atoms with Crippen LogP contribution in [0, 0.1) is 5.92 Å². The van der Waals surface area contributed by atoms with Gasteiger partial charge in [0.1, 0.15) is 25.1 Å². The topological polar surface area (TPSA) is 43.0 Å². The summed E-state index contributed by atoms with van der Waals surface area (Å²) in [5, 5.41) is 3.58. The maximum absolute atomic E-state index is 6.16. The van der Waals surface area contributed by atoms with E-state index in [9.17, 15) is 0 Å². The maximum atomic E-state index is 6.16. The van der Waals surface area contributed by atoms with Crippen LogP contribution in [0.3, 0.4) is 0 Å². The Morgan fingerprint density at radius 2 is 1.86 bits per heavy atom. The van der Waals surface area contributed by atoms with Gasteiger partial charge in [0.15, 0.2) is 11.5 Å². The second-order valence-electron chi connectivity index (χ2n) is 7.84. The summed E-state index contributed by atoms with van der Waals surface area (Å²) in [5.74, 6) is 3.12. The Kier molecular flexibility index (Phi) is 6.34. The van der Waals surface area contributed by atoms with Crippen molar-refractivity contribution in [1.29, 1.82) is 0 Å². The van der Waals surface area contributed by atoms with E-state index in [1.807, 2.05) is 36.4 Å². The van der Waals surface area contributed by atoms with E-state index in [0.717, 1.165) is 41.8 Å². The Labute approximate surface area is 167 Å². The van der Waals surface area contributed by atoms with Gasteiger partial charge in [-0.2, -0.15) is 0 Å². The van der Waals surface area contributed by atoms with Gasteiger partial charge in [0.25, 0.3) is 0 Å². The Balaban J connectivity index is 1.25. The molecule has 5 heteroatoms. The number of likely N-dealkylation sites (tertiary alicyclic amines) is 1. The van der Waals surface area contributed by atoms with E-state index in [0.29, 0.717) is 13.2 Å². The van der Waals surface area contributed by atoms with Crippen LogP contribution in [-0.4, -0.2) is 50.8 Å². The van der Waals surface area contributed by atoms with Crippen molar-refractivity contribution in [2.24, 2.45) is 5.92 Å². The Bertz CT molecular complexity index is 745. The predicted molar refractivity (Wildman–Crippen MR) is 110 cm³/mol. The van der Waals surface area contributed by atoms with Gasteiger partial charge in [-0.1, -0.05) is 30.3 Å². The van der Waals surface area contributed by atoms with Crippen molar-refractivity contribution >= 4 is 0 Å². The fourth-order valence-electron chi connectivity index (χ4n) is 3.74. The van der Waals surface area contributed by atoms with Crippen LogP contribution in [-0.2, 0) is 6.61 Å². The highest BCUT2D eigenvalue weighted by molar-refractivity contribution is 5.46. The average molecular weight is 383 g/mol. The summed E-state index contributed by atoms with van der Waals surface area (Å²) in [6.07, 6.45) is 2.58. The first kappa shape index (κ1) is 19.1. The van der Waals surface area contributed by atoms with E-state index < -0.39 is 0 Å². The predicted octanol–water partition coefficient (Wildman–Crippen LogP) is 3.34. The molecule has 2 heterocycles. The molecule has 0 bridgehead atoms. The van der Waals surface area contributed by atoms with Gasteiger partial charge in [-0.05, 0) is 63.1 Å². The molecule has 0 spiro atoms. The first-order valence-corrected chi connectivity index (χ1v) is 10.3. The van der Waals surface area contributed by atoms with Crippen molar-refractivity contribution in [2.45, 2.75) is 25.6 Å². The molecule has 1 fully saturated rings. The molecule has 1 atom stereocenters. The molecule has 1 unspecified atom stereocenters. The zero-order valence-corrected chi connectivity index (χ0v) is 16.6. The van der Waals surface area contributed by atoms with Crippen LogP contribution in [0.4, 0.5) is 0 Å². The number of hydrogen-bond acceptors (Lipinski definition) is 5. The standard InChI is InChI=1S/C23H30N2O3/c1-25-11-9-18(10-12-25)14-24-15-21-17-27-22-8-7-20(13-23(22)28-21)26-16-19-5-3-2-4-6-19/h2-8,13,18,21,24H,9-12,14-17H2,1H3. The van der Waals surface area contributed by atoms with Crippen molar-refractivity contribution in [2.75, 3.05) is 39.8 Å². The van der Waals surface area contributed by atoms with Gasteiger partial charge in [0.05, 0.1) is 0 Å². The van der Waals surface area contributed by atoms with Crippen molar-refractivity contribution in [3.63, 3.8) is 0 Å². The fraction of sp³-hybridized carbons (Fsp3) is 0.478. The molecule has 1 N–H and O–H groups in total. The number of fused-ring (bicyclic) bond motifs is 1. The highest BCUT2D eigenvalue weighted by atomic mass is 16.6. The second-order valence-corrected chi connectivity index (χ2v) is 7.84. The minimum Gasteiger partial charge on any atom is -0.489 e. The van der Waals surface area contributed by atoms with Gasteiger partial charge in [-0.15, -0.1) is 0 Å². The van der Waals surface area contributed by atoms with E-state index in [4.69, 9.17) is 14.2 Å². The van der Waals surface area contributed by atoms with Gasteiger partial charge in [-0.25, -0.2) is 0 Å². The molecule has 0 amide bonds. The summed E-state index contributed by atoms with van der Waals surface area (Å²) in [4.78, 5) is 2.41. The Morgan fingerprint density at radius 3 is 2.68 bits per heavy atom. The molecular weight excluding hydrogens is 352 g/mol. The van der Waals surface area contributed by atoms with Crippen molar-refractivity contribution < 1.29 is 14.2 Å². The van der Waals surface area contributed by atoms with Crippen LogP contribution >= 0.6 is 0 Å². The van der Waals surface area contributed by atoms with E-state index in [-0.39, 0.29) is 6.10 Å². The van der Waals surface area contributed by atoms with E-state index in [2.05, 4.69) is 29.4 Å². The molecule has 4 rings (SSSR count). The average Bonchev–Trinajstić information content (AvgIpc) is 2.74. The number of nitrogens with one attached hydrogen (secondary N) is 1. The van der Waals surface area contributed by atoms with Crippen LogP contribution in [0.5, 0.6) is 17.2 Å². The van der Waals surface area contributed by atoms with Gasteiger partial charge < -0.3 is 24.4 Å². The monoisotopic (exact) mass is 382 g/mol. The fourth-order valence-corrected chi connectivity index (χ4v) is 3.74. The van der Waals surface area contributed by atoms with E-state index in [1.54, 1.807) is 0 Å². The lowest BCUT2D eigenvalue weighted by Crippen LogP contribution is -2.41. The lowest BCUT2D eigenvalue weighted by molar-refractivity contribution is 0.0880. The summed E-state index contributed by atoms with van der Waals surface area (Å²) < 4.78 is 17.9. The number of benzene rings is 2. The van der Waals surface area contributed by atoms with Gasteiger partial charge in [0, 0.05) is 12.6 Å². The molecule has 0 aromatic heterocycles. The van der Waals surface area contributed by atoms with Gasteiger partial charge >= 0.3 is 0 Å². The maximum Gasteiger partial charge on any atom is 0.165 e. The highest BCUT2D eigenvalue weighted by Crippen LogP contribution is 2.35. The third-order valence-electron chi connectivity index (χ3n) is 5.53. The van der Waals surface area contributed by atoms with Gasteiger partial charge in [0.2, 0.25) is 0 Å². The van der Waals surface area contributed by atoms with Crippen LogP contribution in [0.1, 0.15) is 18.4 Å². The smallest absolute Gasteiger partial charge is 0.165 e. The zero-order chi connectivity index (χ0) is 19.2. The first-order valence-electron chi connectivity index (χ1n) is 10.3. The van der Waals surface area contributed by atoms with Crippen LogP contribution in [0.15, 0.2) is 48.5 Å². The van der Waals surface area contributed by atoms with Crippen molar-refractivity contribution in [1.82, 2.24) is 10.2 Å². The lowest BCUT2D eigenvalue weighted by Gasteiger charge is -2.30. The summed E-state index contributed by atoms with van der Waals surface area (Å²) in [7, 11) is 2.20. The minimum absolute atomic E-state index is 0.0307. The normalized spacial score (nSPS) is 20.1.